The number of aryl methyl sites for hydroxylation is 1. The molecule has 1 unspecified atom stereocenters. The number of benzene rings is 1. The highest BCUT2D eigenvalue weighted by Crippen LogP contribution is 2.22. The molecular formula is C12H17ClF2N2O. The van der Waals surface area contributed by atoms with E-state index >= 15 is 0 Å². The summed E-state index contributed by atoms with van der Waals surface area (Å²) < 4.78 is 28.6. The van der Waals surface area contributed by atoms with Crippen LogP contribution in [0.4, 0.5) is 8.78 Å². The van der Waals surface area contributed by atoms with E-state index in [0.29, 0.717) is 11.4 Å². The summed E-state index contributed by atoms with van der Waals surface area (Å²) in [5.41, 5.74) is 4.51. The number of hydrogen-bond donors (Lipinski definition) is 2. The van der Waals surface area contributed by atoms with Crippen LogP contribution in [0.2, 0.25) is 5.02 Å². The summed E-state index contributed by atoms with van der Waals surface area (Å²) >= 11 is 6.02. The van der Waals surface area contributed by atoms with E-state index in [4.69, 9.17) is 22.2 Å². The lowest BCUT2D eigenvalue weighted by Crippen LogP contribution is -2.29. The van der Waals surface area contributed by atoms with E-state index in [1.807, 2.05) is 25.1 Å². The van der Waals surface area contributed by atoms with Gasteiger partial charge in [-0.1, -0.05) is 23.7 Å². The number of nitrogens with one attached hydrogen (secondary N) is 1. The van der Waals surface area contributed by atoms with Crippen molar-refractivity contribution in [3.05, 3.63) is 34.3 Å². The van der Waals surface area contributed by atoms with Gasteiger partial charge in [-0.05, 0) is 30.5 Å². The summed E-state index contributed by atoms with van der Waals surface area (Å²) in [4.78, 5) is 0. The van der Waals surface area contributed by atoms with Gasteiger partial charge in [0.05, 0.1) is 0 Å². The van der Waals surface area contributed by atoms with Crippen LogP contribution in [0, 0.1) is 6.92 Å². The van der Waals surface area contributed by atoms with Gasteiger partial charge in [0.1, 0.15) is 6.61 Å². The van der Waals surface area contributed by atoms with Crippen molar-refractivity contribution in [3.63, 3.8) is 0 Å². The molecule has 0 saturated carbocycles. The molecule has 1 aromatic carbocycles. The zero-order valence-corrected chi connectivity index (χ0v) is 10.9. The van der Waals surface area contributed by atoms with E-state index in [-0.39, 0.29) is 12.6 Å². The number of halogens is 3. The first-order valence-corrected chi connectivity index (χ1v) is 6.00. The highest BCUT2D eigenvalue weighted by Gasteiger charge is 2.11. The third kappa shape index (κ3) is 4.86. The van der Waals surface area contributed by atoms with E-state index < -0.39 is 13.0 Å². The third-order valence-corrected chi connectivity index (χ3v) is 3.00. The summed E-state index contributed by atoms with van der Waals surface area (Å²) in [5.74, 6) is 5.44. The predicted octanol–water partition coefficient (Wildman–Crippen LogP) is 2.82. The van der Waals surface area contributed by atoms with Gasteiger partial charge in [0, 0.05) is 17.7 Å². The van der Waals surface area contributed by atoms with Gasteiger partial charge < -0.3 is 4.74 Å². The van der Waals surface area contributed by atoms with Crippen molar-refractivity contribution in [1.29, 1.82) is 0 Å². The fourth-order valence-corrected chi connectivity index (χ4v) is 1.73. The smallest absolute Gasteiger partial charge is 0.261 e. The van der Waals surface area contributed by atoms with Crippen molar-refractivity contribution < 1.29 is 13.5 Å². The van der Waals surface area contributed by atoms with Gasteiger partial charge in [-0.3, -0.25) is 11.3 Å². The van der Waals surface area contributed by atoms with Crippen molar-refractivity contribution in [2.75, 3.05) is 13.2 Å². The summed E-state index contributed by atoms with van der Waals surface area (Å²) in [7, 11) is 0. The highest BCUT2D eigenvalue weighted by molar-refractivity contribution is 6.31. The molecule has 1 aromatic rings. The van der Waals surface area contributed by atoms with Gasteiger partial charge in [0.25, 0.3) is 6.43 Å². The molecule has 102 valence electrons. The molecule has 1 atom stereocenters. The van der Waals surface area contributed by atoms with Crippen molar-refractivity contribution in [2.45, 2.75) is 25.8 Å². The summed E-state index contributed by atoms with van der Waals surface area (Å²) in [5, 5.41) is 0.654. The van der Waals surface area contributed by atoms with Crippen molar-refractivity contribution in [1.82, 2.24) is 5.43 Å². The Morgan fingerprint density at radius 2 is 2.17 bits per heavy atom. The average Bonchev–Trinajstić information content (AvgIpc) is 2.33. The molecule has 0 fully saturated rings. The standard InChI is InChI=1S/C12H17ClF2N2O/c1-8-2-3-9(6-10(8)13)11(17-16)4-5-18-7-12(14)15/h2-3,6,11-12,17H,4-5,7,16H2,1H3. The topological polar surface area (TPSA) is 47.3 Å². The Kier molecular flexibility index (Phi) is 6.49. The fourth-order valence-electron chi connectivity index (χ4n) is 1.55. The molecule has 0 aliphatic rings. The van der Waals surface area contributed by atoms with Gasteiger partial charge >= 0.3 is 0 Å². The van der Waals surface area contributed by atoms with Crippen LogP contribution in [-0.4, -0.2) is 19.6 Å². The first-order chi connectivity index (χ1) is 8.54. The van der Waals surface area contributed by atoms with Crippen LogP contribution in [0.3, 0.4) is 0 Å². The molecule has 1 rings (SSSR count). The number of hydrogen-bond acceptors (Lipinski definition) is 3. The molecule has 6 heteroatoms. The third-order valence-electron chi connectivity index (χ3n) is 2.59. The SMILES string of the molecule is Cc1ccc(C(CCOCC(F)F)NN)cc1Cl. The molecular weight excluding hydrogens is 262 g/mol. The Bertz CT molecular complexity index is 377. The van der Waals surface area contributed by atoms with E-state index in [0.717, 1.165) is 11.1 Å². The lowest BCUT2D eigenvalue weighted by Gasteiger charge is -2.17. The first kappa shape index (κ1) is 15.3. The highest BCUT2D eigenvalue weighted by atomic mass is 35.5. The van der Waals surface area contributed by atoms with Crippen LogP contribution in [0.25, 0.3) is 0 Å². The molecule has 0 aliphatic carbocycles. The zero-order chi connectivity index (χ0) is 13.5. The van der Waals surface area contributed by atoms with Gasteiger partial charge in [0.15, 0.2) is 0 Å². The Morgan fingerprint density at radius 3 is 2.72 bits per heavy atom. The fraction of sp³-hybridized carbons (Fsp3) is 0.500. The molecule has 0 aromatic heterocycles. The quantitative estimate of drug-likeness (QED) is 0.458. The van der Waals surface area contributed by atoms with E-state index in [1.54, 1.807) is 0 Å². The van der Waals surface area contributed by atoms with Crippen molar-refractivity contribution in [3.8, 4) is 0 Å². The summed E-state index contributed by atoms with van der Waals surface area (Å²) in [6, 6.07) is 5.44. The number of alkyl halides is 2. The molecule has 0 amide bonds. The number of ether oxygens (including phenoxy) is 1. The molecule has 18 heavy (non-hydrogen) atoms. The van der Waals surface area contributed by atoms with Crippen LogP contribution in [0.15, 0.2) is 18.2 Å². The molecule has 0 bridgehead atoms. The normalized spacial score (nSPS) is 13.0. The van der Waals surface area contributed by atoms with Gasteiger partial charge in [-0.2, -0.15) is 0 Å². The largest absolute Gasteiger partial charge is 0.375 e. The van der Waals surface area contributed by atoms with E-state index in [9.17, 15) is 8.78 Å². The van der Waals surface area contributed by atoms with Gasteiger partial charge in [-0.25, -0.2) is 8.78 Å². The predicted molar refractivity (Wildman–Crippen MR) is 67.7 cm³/mol. The zero-order valence-electron chi connectivity index (χ0n) is 10.1. The Morgan fingerprint density at radius 1 is 1.44 bits per heavy atom. The lowest BCUT2D eigenvalue weighted by molar-refractivity contribution is 0.0143. The van der Waals surface area contributed by atoms with Crippen molar-refractivity contribution in [2.24, 2.45) is 5.84 Å². The van der Waals surface area contributed by atoms with Gasteiger partial charge in [-0.15, -0.1) is 0 Å². The number of rotatable bonds is 7. The minimum atomic E-state index is -2.44. The lowest BCUT2D eigenvalue weighted by atomic mass is 10.0. The second kappa shape index (κ2) is 7.63. The second-order valence-electron chi connectivity index (χ2n) is 3.98. The van der Waals surface area contributed by atoms with Gasteiger partial charge in [0.2, 0.25) is 0 Å². The van der Waals surface area contributed by atoms with Crippen LogP contribution < -0.4 is 11.3 Å². The molecule has 3 nitrogen and oxygen atoms in total. The molecule has 0 spiro atoms. The maximum atomic E-state index is 11.9. The monoisotopic (exact) mass is 278 g/mol. The molecule has 0 aliphatic heterocycles. The minimum Gasteiger partial charge on any atom is -0.375 e. The molecule has 0 saturated heterocycles. The summed E-state index contributed by atoms with van der Waals surface area (Å²) in [6.07, 6.45) is -1.94. The maximum absolute atomic E-state index is 11.9. The Hall–Kier alpha value is -0.750. The Labute approximate surface area is 110 Å². The van der Waals surface area contributed by atoms with Crippen LogP contribution in [0.5, 0.6) is 0 Å². The number of hydrazine groups is 1. The average molecular weight is 279 g/mol. The maximum Gasteiger partial charge on any atom is 0.261 e. The van der Waals surface area contributed by atoms with Crippen molar-refractivity contribution >= 4 is 11.6 Å². The minimum absolute atomic E-state index is 0.166. The molecule has 3 N–H and O–H groups in total. The van der Waals surface area contributed by atoms with E-state index in [1.165, 1.54) is 0 Å². The summed E-state index contributed by atoms with van der Waals surface area (Å²) in [6.45, 7) is 1.57. The van der Waals surface area contributed by atoms with Crippen LogP contribution in [0.1, 0.15) is 23.6 Å². The van der Waals surface area contributed by atoms with Crippen LogP contribution in [-0.2, 0) is 4.74 Å². The second-order valence-corrected chi connectivity index (χ2v) is 4.39. The molecule has 0 heterocycles. The first-order valence-electron chi connectivity index (χ1n) is 5.62. The molecule has 0 radical (unpaired) electrons. The van der Waals surface area contributed by atoms with E-state index in [2.05, 4.69) is 5.43 Å². The number of nitrogens with two attached hydrogens (primary N) is 1. The van der Waals surface area contributed by atoms with Crippen LogP contribution >= 0.6 is 11.6 Å². The Balaban J connectivity index is 2.52.